The molecule has 0 saturated carbocycles. The van der Waals surface area contributed by atoms with Gasteiger partial charge in [-0.15, -0.1) is 0 Å². The molecule has 0 saturated heterocycles. The van der Waals surface area contributed by atoms with Crippen LogP contribution in [0.4, 0.5) is 0 Å². The Morgan fingerprint density at radius 2 is 2.07 bits per heavy atom. The largest absolute Gasteiger partial charge is 0.508 e. The van der Waals surface area contributed by atoms with E-state index >= 15 is 0 Å². The first-order valence-electron chi connectivity index (χ1n) is 3.86. The van der Waals surface area contributed by atoms with Crippen LogP contribution in [-0.2, 0) is 10.8 Å². The molecule has 0 aliphatic heterocycles. The number of aromatic hydroxyl groups is 2. The van der Waals surface area contributed by atoms with Gasteiger partial charge in [0.15, 0.2) is 5.78 Å². The Morgan fingerprint density at radius 1 is 1.43 bits per heavy atom. The maximum absolute atomic E-state index is 11.4. The molecule has 5 heteroatoms. The van der Waals surface area contributed by atoms with Gasteiger partial charge in [-0.25, -0.2) is 0 Å². The summed E-state index contributed by atoms with van der Waals surface area (Å²) in [4.78, 5) is 11.4. The van der Waals surface area contributed by atoms with Gasteiger partial charge >= 0.3 is 0 Å². The van der Waals surface area contributed by atoms with Gasteiger partial charge in [0.1, 0.15) is 11.5 Å². The summed E-state index contributed by atoms with van der Waals surface area (Å²) in [6.45, 7) is 0. The number of hydrogen-bond donors (Lipinski definition) is 2. The summed E-state index contributed by atoms with van der Waals surface area (Å²) < 4.78 is 10.8. The van der Waals surface area contributed by atoms with E-state index < -0.39 is 16.6 Å². The van der Waals surface area contributed by atoms with Gasteiger partial charge in [-0.05, 0) is 18.2 Å². The van der Waals surface area contributed by atoms with Crippen molar-refractivity contribution in [3.63, 3.8) is 0 Å². The highest BCUT2D eigenvalue weighted by Gasteiger charge is 2.13. The molecule has 1 rings (SSSR count). The molecule has 1 aromatic carbocycles. The fraction of sp³-hybridized carbons (Fsp3) is 0.222. The van der Waals surface area contributed by atoms with Crippen LogP contribution in [0, 0.1) is 0 Å². The Kier molecular flexibility index (Phi) is 3.24. The molecular weight excluding hydrogens is 204 g/mol. The second-order valence-electron chi connectivity index (χ2n) is 2.84. The Bertz CT molecular complexity index is 386. The normalized spacial score (nSPS) is 12.4. The lowest BCUT2D eigenvalue weighted by Gasteiger charge is -2.02. The third-order valence-electron chi connectivity index (χ3n) is 1.61. The number of rotatable bonds is 3. The van der Waals surface area contributed by atoms with E-state index in [1.54, 1.807) is 0 Å². The number of carbonyl (C=O) groups is 1. The van der Waals surface area contributed by atoms with Gasteiger partial charge in [-0.1, -0.05) is 0 Å². The lowest BCUT2D eigenvalue weighted by Crippen LogP contribution is -2.09. The number of Topliss-reactive ketones (excluding diaryl/α,β-unsaturated/α-hetero) is 1. The first-order valence-corrected chi connectivity index (χ1v) is 5.58. The molecule has 4 nitrogen and oxygen atoms in total. The first kappa shape index (κ1) is 10.7. The summed E-state index contributed by atoms with van der Waals surface area (Å²) in [5, 5.41) is 18.4. The Labute approximate surface area is 83.7 Å². The van der Waals surface area contributed by atoms with E-state index in [1.165, 1.54) is 18.4 Å². The van der Waals surface area contributed by atoms with Crippen LogP contribution >= 0.6 is 0 Å². The Balaban J connectivity index is 3.00. The summed E-state index contributed by atoms with van der Waals surface area (Å²) in [5.74, 6) is -0.915. The second kappa shape index (κ2) is 4.23. The zero-order valence-electron chi connectivity index (χ0n) is 7.56. The van der Waals surface area contributed by atoms with Crippen molar-refractivity contribution in [1.29, 1.82) is 0 Å². The SMILES string of the molecule is CS(=O)CC(=O)c1cc(O)ccc1O. The minimum absolute atomic E-state index is 0.000185. The number of benzene rings is 1. The quantitative estimate of drug-likeness (QED) is 0.572. The molecule has 0 fully saturated rings. The number of carbonyl (C=O) groups excluding carboxylic acids is 1. The third-order valence-corrected chi connectivity index (χ3v) is 2.28. The van der Waals surface area contributed by atoms with Gasteiger partial charge in [0.05, 0.1) is 11.3 Å². The number of ketones is 1. The van der Waals surface area contributed by atoms with Crippen LogP contribution in [0.1, 0.15) is 10.4 Å². The van der Waals surface area contributed by atoms with Gasteiger partial charge in [0.25, 0.3) is 0 Å². The van der Waals surface area contributed by atoms with Crippen LogP contribution in [0.2, 0.25) is 0 Å². The van der Waals surface area contributed by atoms with E-state index in [9.17, 15) is 14.1 Å². The van der Waals surface area contributed by atoms with Crippen LogP contribution < -0.4 is 0 Å². The fourth-order valence-electron chi connectivity index (χ4n) is 1.01. The van der Waals surface area contributed by atoms with Crippen molar-refractivity contribution in [2.45, 2.75) is 0 Å². The minimum atomic E-state index is -1.25. The highest BCUT2D eigenvalue weighted by atomic mass is 32.2. The number of hydrogen-bond acceptors (Lipinski definition) is 4. The van der Waals surface area contributed by atoms with E-state index in [1.807, 2.05) is 0 Å². The molecule has 0 amide bonds. The van der Waals surface area contributed by atoms with Crippen molar-refractivity contribution in [3.8, 4) is 11.5 Å². The molecule has 14 heavy (non-hydrogen) atoms. The van der Waals surface area contributed by atoms with E-state index in [0.717, 1.165) is 6.07 Å². The van der Waals surface area contributed by atoms with Crippen LogP contribution in [0.5, 0.6) is 11.5 Å². The molecule has 2 N–H and O–H groups in total. The van der Waals surface area contributed by atoms with Crippen molar-refractivity contribution >= 4 is 16.6 Å². The summed E-state index contributed by atoms with van der Waals surface area (Å²) in [6, 6.07) is 3.65. The second-order valence-corrected chi connectivity index (χ2v) is 4.28. The van der Waals surface area contributed by atoms with Crippen LogP contribution in [0.25, 0.3) is 0 Å². The standard InChI is InChI=1S/C9H10O4S/c1-14(13)5-9(12)7-4-6(10)2-3-8(7)11/h2-4,10-11H,5H2,1H3. The molecular formula is C9H10O4S. The summed E-state index contributed by atoms with van der Waals surface area (Å²) in [7, 11) is -1.25. The molecule has 0 bridgehead atoms. The topological polar surface area (TPSA) is 74.6 Å². The summed E-state index contributed by atoms with van der Waals surface area (Å²) in [6.07, 6.45) is 1.40. The minimum Gasteiger partial charge on any atom is -0.508 e. The molecule has 1 aromatic rings. The maximum Gasteiger partial charge on any atom is 0.179 e. The Morgan fingerprint density at radius 3 is 2.64 bits per heavy atom. The predicted octanol–water partition coefficient (Wildman–Crippen LogP) is 0.659. The van der Waals surface area contributed by atoms with Crippen LogP contribution in [-0.4, -0.2) is 32.2 Å². The van der Waals surface area contributed by atoms with Gasteiger partial charge in [0.2, 0.25) is 0 Å². The molecule has 0 heterocycles. The predicted molar refractivity (Wildman–Crippen MR) is 53.0 cm³/mol. The van der Waals surface area contributed by atoms with Crippen LogP contribution in [0.15, 0.2) is 18.2 Å². The van der Waals surface area contributed by atoms with Gasteiger partial charge < -0.3 is 10.2 Å². The molecule has 76 valence electrons. The lowest BCUT2D eigenvalue weighted by molar-refractivity contribution is 0.101. The Hall–Kier alpha value is -1.36. The molecule has 0 aromatic heterocycles. The zero-order chi connectivity index (χ0) is 10.7. The highest BCUT2D eigenvalue weighted by Crippen LogP contribution is 2.22. The molecule has 1 atom stereocenters. The molecule has 0 aliphatic carbocycles. The van der Waals surface area contributed by atoms with Crippen molar-refractivity contribution in [3.05, 3.63) is 23.8 Å². The van der Waals surface area contributed by atoms with E-state index in [-0.39, 0.29) is 22.8 Å². The monoisotopic (exact) mass is 214 g/mol. The van der Waals surface area contributed by atoms with Crippen molar-refractivity contribution in [1.82, 2.24) is 0 Å². The molecule has 0 aliphatic rings. The van der Waals surface area contributed by atoms with Gasteiger partial charge in [-0.2, -0.15) is 0 Å². The van der Waals surface area contributed by atoms with Crippen molar-refractivity contribution in [2.75, 3.05) is 12.0 Å². The van der Waals surface area contributed by atoms with Gasteiger partial charge in [-0.3, -0.25) is 9.00 Å². The highest BCUT2D eigenvalue weighted by molar-refractivity contribution is 7.85. The first-order chi connectivity index (χ1) is 6.50. The van der Waals surface area contributed by atoms with E-state index in [2.05, 4.69) is 0 Å². The van der Waals surface area contributed by atoms with Crippen molar-refractivity contribution in [2.24, 2.45) is 0 Å². The summed E-state index contributed by atoms with van der Waals surface area (Å²) >= 11 is 0. The maximum atomic E-state index is 11.4. The third kappa shape index (κ3) is 2.56. The molecule has 1 unspecified atom stereocenters. The van der Waals surface area contributed by atoms with Gasteiger partial charge in [0, 0.05) is 17.1 Å². The zero-order valence-corrected chi connectivity index (χ0v) is 8.37. The average Bonchev–Trinajstić information content (AvgIpc) is 2.08. The van der Waals surface area contributed by atoms with E-state index in [0.29, 0.717) is 0 Å². The summed E-state index contributed by atoms with van der Waals surface area (Å²) in [5.41, 5.74) is 0.000185. The fourth-order valence-corrected chi connectivity index (χ4v) is 1.53. The molecule has 0 spiro atoms. The number of phenols is 2. The van der Waals surface area contributed by atoms with E-state index in [4.69, 9.17) is 5.11 Å². The van der Waals surface area contributed by atoms with Crippen LogP contribution in [0.3, 0.4) is 0 Å². The molecule has 0 radical (unpaired) electrons. The number of phenolic OH excluding ortho intramolecular Hbond substituents is 2. The lowest BCUT2D eigenvalue weighted by atomic mass is 10.1. The smallest absolute Gasteiger partial charge is 0.179 e. The average molecular weight is 214 g/mol. The van der Waals surface area contributed by atoms with Crippen molar-refractivity contribution < 1.29 is 19.2 Å².